The highest BCUT2D eigenvalue weighted by atomic mass is 35.5. The van der Waals surface area contributed by atoms with E-state index < -0.39 is 0 Å². The number of aromatic nitrogens is 1. The van der Waals surface area contributed by atoms with Crippen molar-refractivity contribution in [3.63, 3.8) is 0 Å². The number of hydrogen-bond acceptors (Lipinski definition) is 6. The maximum Gasteiger partial charge on any atom is 0.180 e. The summed E-state index contributed by atoms with van der Waals surface area (Å²) in [5, 5.41) is 2.15. The fourth-order valence-corrected chi connectivity index (χ4v) is 5.21. The Kier molecular flexibility index (Phi) is 5.93. The highest BCUT2D eigenvalue weighted by Crippen LogP contribution is 2.50. The van der Waals surface area contributed by atoms with Gasteiger partial charge in [0.25, 0.3) is 0 Å². The quantitative estimate of drug-likeness (QED) is 0.603. The first-order valence-corrected chi connectivity index (χ1v) is 11.3. The minimum absolute atomic E-state index is 0.0103. The number of amidine groups is 1. The van der Waals surface area contributed by atoms with E-state index >= 15 is 0 Å². The van der Waals surface area contributed by atoms with Gasteiger partial charge in [-0.25, -0.2) is 0 Å². The maximum absolute atomic E-state index is 6.68. The number of fused-ring (bicyclic) bond motifs is 1. The molecule has 4 rings (SSSR count). The van der Waals surface area contributed by atoms with Crippen LogP contribution in [0.25, 0.3) is 0 Å². The van der Waals surface area contributed by atoms with Gasteiger partial charge in [0, 0.05) is 18.0 Å². The molecule has 0 amide bonds. The van der Waals surface area contributed by atoms with Crippen molar-refractivity contribution in [1.29, 1.82) is 0 Å². The van der Waals surface area contributed by atoms with Crippen molar-refractivity contribution in [3.8, 4) is 11.5 Å². The molecule has 29 heavy (non-hydrogen) atoms. The minimum Gasteiger partial charge on any atom is -0.490 e. The standard InChI is InChI=1S/C22H26ClN3O2S/c1-5-27-18-11-15(10-16(23)21(18)28-13(2)3)20-19(17-8-6-7-9-24-17)25-22-26(20)12-14(4)29-22/h6-11,13-14,19-20H,5,12H2,1-4H3/t14-,19+,20+/m0/s1. The lowest BCUT2D eigenvalue weighted by molar-refractivity contribution is 0.223. The van der Waals surface area contributed by atoms with Crippen molar-refractivity contribution >= 4 is 28.5 Å². The molecule has 7 heteroatoms. The predicted octanol–water partition coefficient (Wildman–Crippen LogP) is 5.51. The second-order valence-corrected chi connectivity index (χ2v) is 9.38. The molecule has 154 valence electrons. The van der Waals surface area contributed by atoms with Crippen LogP contribution in [0, 0.1) is 0 Å². The topological polar surface area (TPSA) is 47.0 Å². The van der Waals surface area contributed by atoms with E-state index in [1.54, 1.807) is 0 Å². The lowest BCUT2D eigenvalue weighted by Crippen LogP contribution is -2.28. The van der Waals surface area contributed by atoms with E-state index in [0.717, 1.165) is 23.0 Å². The molecule has 0 N–H and O–H groups in total. The van der Waals surface area contributed by atoms with E-state index in [1.165, 1.54) is 0 Å². The van der Waals surface area contributed by atoms with Gasteiger partial charge < -0.3 is 14.4 Å². The van der Waals surface area contributed by atoms with Crippen LogP contribution in [0.15, 0.2) is 41.5 Å². The van der Waals surface area contributed by atoms with Crippen LogP contribution in [0.5, 0.6) is 11.5 Å². The smallest absolute Gasteiger partial charge is 0.180 e. The Morgan fingerprint density at radius 2 is 2.14 bits per heavy atom. The zero-order valence-corrected chi connectivity index (χ0v) is 18.7. The molecule has 1 fully saturated rings. The van der Waals surface area contributed by atoms with Gasteiger partial charge in [-0.15, -0.1) is 0 Å². The predicted molar refractivity (Wildman–Crippen MR) is 119 cm³/mol. The number of benzene rings is 1. The Hall–Kier alpha value is -1.92. The van der Waals surface area contributed by atoms with Crippen LogP contribution < -0.4 is 9.47 Å². The Morgan fingerprint density at radius 1 is 1.31 bits per heavy atom. The third-order valence-corrected chi connectivity index (χ3v) is 6.29. The number of pyridine rings is 1. The van der Waals surface area contributed by atoms with Gasteiger partial charge in [0.15, 0.2) is 16.7 Å². The molecule has 1 aromatic heterocycles. The van der Waals surface area contributed by atoms with E-state index in [1.807, 2.05) is 63.0 Å². The molecule has 0 unspecified atom stereocenters. The first-order valence-electron chi connectivity index (χ1n) is 10.0. The molecule has 0 saturated carbocycles. The van der Waals surface area contributed by atoms with Crippen LogP contribution in [-0.4, -0.2) is 39.6 Å². The summed E-state index contributed by atoms with van der Waals surface area (Å²) in [6.07, 6.45) is 1.83. The number of rotatable bonds is 6. The highest BCUT2D eigenvalue weighted by molar-refractivity contribution is 8.14. The molecule has 0 radical (unpaired) electrons. The van der Waals surface area contributed by atoms with Gasteiger partial charge in [-0.1, -0.05) is 36.4 Å². The van der Waals surface area contributed by atoms with Crippen LogP contribution in [-0.2, 0) is 0 Å². The van der Waals surface area contributed by atoms with Crippen molar-refractivity contribution < 1.29 is 9.47 Å². The summed E-state index contributed by atoms with van der Waals surface area (Å²) < 4.78 is 11.9. The van der Waals surface area contributed by atoms with Crippen molar-refractivity contribution in [2.24, 2.45) is 4.99 Å². The monoisotopic (exact) mass is 431 g/mol. The first-order chi connectivity index (χ1) is 14.0. The van der Waals surface area contributed by atoms with Crippen molar-refractivity contribution in [2.75, 3.05) is 13.2 Å². The van der Waals surface area contributed by atoms with Gasteiger partial charge in [0.2, 0.25) is 0 Å². The molecule has 2 aliphatic heterocycles. The Morgan fingerprint density at radius 3 is 2.83 bits per heavy atom. The Balaban J connectivity index is 1.78. The molecule has 0 aliphatic carbocycles. The minimum atomic E-state index is -0.0754. The molecule has 1 aromatic carbocycles. The lowest BCUT2D eigenvalue weighted by Gasteiger charge is -2.28. The van der Waals surface area contributed by atoms with E-state index in [9.17, 15) is 0 Å². The lowest BCUT2D eigenvalue weighted by atomic mass is 9.96. The molecule has 5 nitrogen and oxygen atoms in total. The summed E-state index contributed by atoms with van der Waals surface area (Å²) >= 11 is 8.50. The molecular weight excluding hydrogens is 406 g/mol. The summed E-state index contributed by atoms with van der Waals surface area (Å²) in [4.78, 5) is 12.0. The summed E-state index contributed by atoms with van der Waals surface area (Å²) in [6, 6.07) is 9.99. The second kappa shape index (κ2) is 8.44. The molecular formula is C22H26ClN3O2S. The third kappa shape index (κ3) is 4.05. The number of ether oxygens (including phenoxy) is 2. The molecule has 2 aromatic rings. The van der Waals surface area contributed by atoms with Gasteiger partial charge in [-0.05, 0) is 50.6 Å². The number of halogens is 1. The zero-order valence-electron chi connectivity index (χ0n) is 17.1. The number of aliphatic imine (C=N–C) groups is 1. The Bertz CT molecular complexity index is 906. The van der Waals surface area contributed by atoms with Crippen LogP contribution >= 0.6 is 23.4 Å². The first kappa shape index (κ1) is 20.4. The fraction of sp³-hybridized carbons (Fsp3) is 0.455. The van der Waals surface area contributed by atoms with Crippen molar-refractivity contribution in [3.05, 3.63) is 52.8 Å². The molecule has 2 aliphatic rings. The van der Waals surface area contributed by atoms with Crippen LogP contribution in [0.2, 0.25) is 5.02 Å². The van der Waals surface area contributed by atoms with Crippen LogP contribution in [0.1, 0.15) is 51.0 Å². The average Bonchev–Trinajstić information content (AvgIpc) is 3.21. The van der Waals surface area contributed by atoms with Gasteiger partial charge >= 0.3 is 0 Å². The maximum atomic E-state index is 6.68. The fourth-order valence-electron chi connectivity index (χ4n) is 3.85. The molecule has 3 heterocycles. The van der Waals surface area contributed by atoms with Gasteiger partial charge in [-0.2, -0.15) is 0 Å². The van der Waals surface area contributed by atoms with E-state index in [-0.39, 0.29) is 18.2 Å². The normalized spacial score (nSPS) is 23.3. The summed E-state index contributed by atoms with van der Waals surface area (Å²) in [5.41, 5.74) is 2.03. The zero-order chi connectivity index (χ0) is 20.5. The number of thioether (sulfide) groups is 1. The van der Waals surface area contributed by atoms with E-state index in [4.69, 9.17) is 26.1 Å². The van der Waals surface area contributed by atoms with Gasteiger partial charge in [0.05, 0.1) is 29.5 Å². The van der Waals surface area contributed by atoms with Crippen LogP contribution in [0.3, 0.4) is 0 Å². The largest absolute Gasteiger partial charge is 0.490 e. The van der Waals surface area contributed by atoms with Gasteiger partial charge in [0.1, 0.15) is 6.04 Å². The summed E-state index contributed by atoms with van der Waals surface area (Å²) in [7, 11) is 0. The Labute approximate surface area is 181 Å². The molecule has 0 spiro atoms. The summed E-state index contributed by atoms with van der Waals surface area (Å²) in [6.45, 7) is 9.65. The highest BCUT2D eigenvalue weighted by Gasteiger charge is 2.44. The van der Waals surface area contributed by atoms with E-state index in [0.29, 0.717) is 28.4 Å². The van der Waals surface area contributed by atoms with Gasteiger partial charge in [-0.3, -0.25) is 9.98 Å². The van der Waals surface area contributed by atoms with Crippen molar-refractivity contribution in [2.45, 2.75) is 51.1 Å². The van der Waals surface area contributed by atoms with Crippen molar-refractivity contribution in [1.82, 2.24) is 9.88 Å². The number of nitrogens with zero attached hydrogens (tertiary/aromatic N) is 3. The second-order valence-electron chi connectivity index (χ2n) is 7.57. The molecule has 3 atom stereocenters. The molecule has 0 bridgehead atoms. The van der Waals surface area contributed by atoms with E-state index in [2.05, 4.69) is 22.9 Å². The third-order valence-electron chi connectivity index (χ3n) is 4.91. The average molecular weight is 432 g/mol. The number of hydrogen-bond donors (Lipinski definition) is 0. The van der Waals surface area contributed by atoms with Crippen LogP contribution in [0.4, 0.5) is 0 Å². The summed E-state index contributed by atoms with van der Waals surface area (Å²) in [5.74, 6) is 1.28. The molecule has 1 saturated heterocycles. The SMILES string of the molecule is CCOc1cc([C@@H]2[C@@H](c3ccccn3)N=C3S[C@@H](C)CN32)cc(Cl)c1OC(C)C.